The first-order chi connectivity index (χ1) is 18.9. The molecule has 11 heteroatoms. The Morgan fingerprint density at radius 3 is 2.46 bits per heavy atom. The molecule has 2 aromatic heterocycles. The van der Waals surface area contributed by atoms with E-state index >= 15 is 0 Å². The normalized spacial score (nSPS) is 16.8. The van der Waals surface area contributed by atoms with E-state index in [0.717, 1.165) is 0 Å². The molecule has 6 rings (SSSR count). The second kappa shape index (κ2) is 9.41. The molecule has 0 radical (unpaired) electrons. The molecule has 11 nitrogen and oxygen atoms in total. The monoisotopic (exact) mass is 523 g/mol. The molecular formula is C28H25N7O4. The first-order valence-corrected chi connectivity index (χ1v) is 12.4. The topological polar surface area (TPSA) is 141 Å². The first-order valence-electron chi connectivity index (χ1n) is 12.4. The highest BCUT2D eigenvalue weighted by Gasteiger charge is 2.39. The van der Waals surface area contributed by atoms with Crippen molar-refractivity contribution in [2.75, 3.05) is 32.0 Å². The van der Waals surface area contributed by atoms with Gasteiger partial charge in [0.1, 0.15) is 35.0 Å². The number of imidazole rings is 1. The Balaban J connectivity index is 1.29. The number of nitrogens with two attached hydrogens (primary N) is 1. The van der Waals surface area contributed by atoms with Crippen LogP contribution in [-0.4, -0.2) is 56.2 Å². The number of benzene rings is 2. The summed E-state index contributed by atoms with van der Waals surface area (Å²) in [4.78, 5) is 36.7. The van der Waals surface area contributed by atoms with Crippen molar-refractivity contribution in [2.45, 2.75) is 13.0 Å². The standard InChI is InChI=1S/C28H25N7O4/c1-28(15-38-16-28)11-18(12-29)26(36)33-13-20(14-33)35-25-23(24(30)31-17-32-25)34(27(35)37)19-7-9-22(10-8-19)39-21-5-3-2-4-6-21/h2-11,17,20H,13-16H2,1H3,(H2,30,31,32)/b18-11+. The molecule has 0 saturated carbocycles. The summed E-state index contributed by atoms with van der Waals surface area (Å²) in [6.07, 6.45) is 3.00. The van der Waals surface area contributed by atoms with Crippen LogP contribution in [0, 0.1) is 16.7 Å². The van der Waals surface area contributed by atoms with Crippen LogP contribution in [0.2, 0.25) is 0 Å². The maximum Gasteiger partial charge on any atom is 0.335 e. The minimum atomic E-state index is -0.359. The third-order valence-corrected chi connectivity index (χ3v) is 6.98. The maximum absolute atomic E-state index is 13.7. The fourth-order valence-electron chi connectivity index (χ4n) is 4.88. The highest BCUT2D eigenvalue weighted by atomic mass is 16.5. The van der Waals surface area contributed by atoms with Gasteiger partial charge in [0.05, 0.1) is 24.9 Å². The van der Waals surface area contributed by atoms with Crippen LogP contribution in [-0.2, 0) is 9.53 Å². The van der Waals surface area contributed by atoms with E-state index < -0.39 is 0 Å². The van der Waals surface area contributed by atoms with Crippen LogP contribution in [0.5, 0.6) is 11.5 Å². The Morgan fingerprint density at radius 2 is 1.82 bits per heavy atom. The average Bonchev–Trinajstić information content (AvgIpc) is 3.19. The number of ether oxygens (including phenoxy) is 2. The minimum absolute atomic E-state index is 0.0819. The highest BCUT2D eigenvalue weighted by molar-refractivity contribution is 5.98. The number of nitrogens with zero attached hydrogens (tertiary/aromatic N) is 6. The molecule has 2 aromatic carbocycles. The van der Waals surface area contributed by atoms with Gasteiger partial charge in [-0.1, -0.05) is 31.2 Å². The van der Waals surface area contributed by atoms with E-state index in [-0.39, 0.29) is 47.5 Å². The zero-order valence-corrected chi connectivity index (χ0v) is 21.2. The van der Waals surface area contributed by atoms with E-state index in [2.05, 4.69) is 9.97 Å². The summed E-state index contributed by atoms with van der Waals surface area (Å²) in [7, 11) is 0. The van der Waals surface area contributed by atoms with Crippen molar-refractivity contribution in [3.8, 4) is 23.3 Å². The van der Waals surface area contributed by atoms with E-state index in [9.17, 15) is 14.9 Å². The fourth-order valence-corrected chi connectivity index (χ4v) is 4.88. The summed E-state index contributed by atoms with van der Waals surface area (Å²) >= 11 is 0. The summed E-state index contributed by atoms with van der Waals surface area (Å²) in [5.74, 6) is 1.12. The predicted molar refractivity (Wildman–Crippen MR) is 142 cm³/mol. The molecule has 0 bridgehead atoms. The Kier molecular flexibility index (Phi) is 5.89. The van der Waals surface area contributed by atoms with Crippen LogP contribution in [0.4, 0.5) is 5.82 Å². The van der Waals surface area contributed by atoms with E-state index in [1.165, 1.54) is 10.9 Å². The maximum atomic E-state index is 13.7. The third-order valence-electron chi connectivity index (χ3n) is 6.98. The quantitative estimate of drug-likeness (QED) is 0.300. The number of hydrogen-bond acceptors (Lipinski definition) is 8. The van der Waals surface area contributed by atoms with Crippen molar-refractivity contribution in [2.24, 2.45) is 5.41 Å². The molecular weight excluding hydrogens is 498 g/mol. The van der Waals surface area contributed by atoms with Crippen LogP contribution >= 0.6 is 0 Å². The Hall–Kier alpha value is -4.95. The van der Waals surface area contributed by atoms with Crippen molar-refractivity contribution in [1.82, 2.24) is 24.0 Å². The van der Waals surface area contributed by atoms with Gasteiger partial charge >= 0.3 is 5.69 Å². The number of nitriles is 1. The van der Waals surface area contributed by atoms with Crippen molar-refractivity contribution >= 4 is 22.9 Å². The van der Waals surface area contributed by atoms with Crippen LogP contribution in [0.1, 0.15) is 13.0 Å². The van der Waals surface area contributed by atoms with Crippen LogP contribution in [0.25, 0.3) is 16.9 Å². The first kappa shape index (κ1) is 24.4. The van der Waals surface area contributed by atoms with Gasteiger partial charge in [0.15, 0.2) is 11.5 Å². The van der Waals surface area contributed by atoms with Crippen molar-refractivity contribution in [3.05, 3.63) is 83.1 Å². The molecule has 0 atom stereocenters. The number of likely N-dealkylation sites (tertiary alicyclic amines) is 1. The molecule has 39 heavy (non-hydrogen) atoms. The van der Waals surface area contributed by atoms with Crippen molar-refractivity contribution < 1.29 is 14.3 Å². The number of aromatic nitrogens is 4. The molecule has 196 valence electrons. The number of carbonyl (C=O) groups excluding carboxylic acids is 1. The number of hydrogen-bond donors (Lipinski definition) is 1. The molecule has 2 aliphatic heterocycles. The lowest BCUT2D eigenvalue weighted by atomic mass is 9.86. The Morgan fingerprint density at radius 1 is 1.13 bits per heavy atom. The number of carbonyl (C=O) groups is 1. The molecule has 0 unspecified atom stereocenters. The fraction of sp³-hybridized carbons (Fsp3) is 0.250. The minimum Gasteiger partial charge on any atom is -0.457 e. The molecule has 2 saturated heterocycles. The summed E-state index contributed by atoms with van der Waals surface area (Å²) in [5.41, 5.74) is 6.97. The van der Waals surface area contributed by atoms with Gasteiger partial charge in [-0.25, -0.2) is 14.8 Å². The SMILES string of the molecule is CC1(/C=C(\C#N)C(=O)N2CC(n3c(=O)n(-c4ccc(Oc5ccccc5)cc4)c4c(N)ncnc43)C2)COC1. The third kappa shape index (κ3) is 4.30. The van der Waals surface area contributed by atoms with Gasteiger partial charge < -0.3 is 20.1 Å². The van der Waals surface area contributed by atoms with Gasteiger partial charge in [-0.2, -0.15) is 5.26 Å². The lowest BCUT2D eigenvalue weighted by Gasteiger charge is -2.40. The van der Waals surface area contributed by atoms with E-state index in [1.807, 2.05) is 43.3 Å². The van der Waals surface area contributed by atoms with Crippen molar-refractivity contribution in [3.63, 3.8) is 0 Å². The van der Waals surface area contributed by atoms with Crippen LogP contribution in [0.3, 0.4) is 0 Å². The summed E-state index contributed by atoms with van der Waals surface area (Å²) in [6.45, 7) is 3.42. The van der Waals surface area contributed by atoms with Gasteiger partial charge in [-0.05, 0) is 36.4 Å². The van der Waals surface area contributed by atoms with E-state index in [0.29, 0.717) is 41.6 Å². The van der Waals surface area contributed by atoms with Gasteiger partial charge in [-0.3, -0.25) is 13.9 Å². The number of anilines is 1. The lowest BCUT2D eigenvalue weighted by molar-refractivity contribution is -0.132. The van der Waals surface area contributed by atoms with E-state index in [4.69, 9.17) is 15.2 Å². The lowest BCUT2D eigenvalue weighted by Crippen LogP contribution is -2.53. The molecule has 2 fully saturated rings. The molecule has 2 N–H and O–H groups in total. The van der Waals surface area contributed by atoms with Gasteiger partial charge in [0.25, 0.3) is 5.91 Å². The highest BCUT2D eigenvalue weighted by Crippen LogP contribution is 2.32. The second-order valence-corrected chi connectivity index (χ2v) is 10.0. The van der Waals surface area contributed by atoms with Gasteiger partial charge in [0.2, 0.25) is 0 Å². The molecule has 4 heterocycles. The zero-order valence-electron chi connectivity index (χ0n) is 21.2. The predicted octanol–water partition coefficient (Wildman–Crippen LogP) is 2.83. The molecule has 1 amide bonds. The summed E-state index contributed by atoms with van der Waals surface area (Å²) < 4.78 is 14.1. The molecule has 4 aromatic rings. The van der Waals surface area contributed by atoms with Crippen LogP contribution < -0.4 is 16.2 Å². The molecule has 2 aliphatic rings. The number of para-hydroxylation sites is 1. The summed E-state index contributed by atoms with van der Waals surface area (Å²) in [5, 5.41) is 9.57. The average molecular weight is 524 g/mol. The summed E-state index contributed by atoms with van der Waals surface area (Å²) in [6, 6.07) is 18.1. The van der Waals surface area contributed by atoms with Crippen LogP contribution in [0.15, 0.2) is 77.4 Å². The van der Waals surface area contributed by atoms with Crippen molar-refractivity contribution in [1.29, 1.82) is 5.26 Å². The number of amides is 1. The van der Waals surface area contributed by atoms with Gasteiger partial charge in [-0.15, -0.1) is 0 Å². The largest absolute Gasteiger partial charge is 0.457 e. The number of fused-ring (bicyclic) bond motifs is 1. The Labute approximate surface area is 223 Å². The van der Waals surface area contributed by atoms with E-state index in [1.54, 1.807) is 39.8 Å². The second-order valence-electron chi connectivity index (χ2n) is 10.0. The smallest absolute Gasteiger partial charge is 0.335 e. The molecule has 0 aliphatic carbocycles. The zero-order chi connectivity index (χ0) is 27.1. The molecule has 0 spiro atoms. The number of rotatable bonds is 6. The number of nitrogen functional groups attached to an aromatic ring is 1. The Bertz CT molecular complexity index is 1690. The van der Waals surface area contributed by atoms with Gasteiger partial charge in [0, 0.05) is 18.5 Å².